The fraction of sp³-hybridized carbons (Fsp3) is 0.567. The van der Waals surface area contributed by atoms with Crippen molar-refractivity contribution in [1.29, 1.82) is 0 Å². The van der Waals surface area contributed by atoms with Crippen LogP contribution in [0.2, 0.25) is 0 Å². The van der Waals surface area contributed by atoms with Gasteiger partial charge in [0.2, 0.25) is 11.8 Å². The predicted molar refractivity (Wildman–Crippen MR) is 145 cm³/mol. The number of carbonyl (C=O) groups is 3. The molecule has 2 amide bonds. The lowest BCUT2D eigenvalue weighted by atomic mass is 9.94. The molecule has 0 atom stereocenters. The SMILES string of the molecule is CCCCN(CC(=O)N(Cc1cccn1Cc1ccc(F)cc1)C1CCCCC1)C(=O)CCC(=O)OCC. The highest BCUT2D eigenvalue weighted by Crippen LogP contribution is 2.25. The van der Waals surface area contributed by atoms with Gasteiger partial charge >= 0.3 is 5.97 Å². The van der Waals surface area contributed by atoms with E-state index in [1.54, 1.807) is 24.0 Å². The van der Waals surface area contributed by atoms with Gasteiger partial charge in [-0.25, -0.2) is 4.39 Å². The Morgan fingerprint density at radius 3 is 2.42 bits per heavy atom. The minimum Gasteiger partial charge on any atom is -0.466 e. The molecule has 8 heteroatoms. The molecule has 1 aliphatic carbocycles. The smallest absolute Gasteiger partial charge is 0.306 e. The molecule has 1 aromatic carbocycles. The van der Waals surface area contributed by atoms with E-state index in [0.29, 0.717) is 19.6 Å². The summed E-state index contributed by atoms with van der Waals surface area (Å²) >= 11 is 0. The predicted octanol–water partition coefficient (Wildman–Crippen LogP) is 5.31. The molecular formula is C30H42FN3O4. The van der Waals surface area contributed by atoms with Gasteiger partial charge in [0.15, 0.2) is 0 Å². The van der Waals surface area contributed by atoms with E-state index in [1.807, 2.05) is 30.2 Å². The molecule has 0 aliphatic heterocycles. The Morgan fingerprint density at radius 1 is 1.00 bits per heavy atom. The maximum atomic E-state index is 13.8. The molecule has 1 heterocycles. The number of hydrogen-bond acceptors (Lipinski definition) is 4. The Hall–Kier alpha value is -3.16. The molecule has 1 saturated carbocycles. The second-order valence-corrected chi connectivity index (χ2v) is 10.0. The van der Waals surface area contributed by atoms with Crippen LogP contribution in [0.5, 0.6) is 0 Å². The molecule has 1 fully saturated rings. The van der Waals surface area contributed by atoms with Gasteiger partial charge in [-0.3, -0.25) is 14.4 Å². The van der Waals surface area contributed by atoms with Gasteiger partial charge in [-0.15, -0.1) is 0 Å². The minimum absolute atomic E-state index is 0.0107. The Bertz CT molecular complexity index is 1030. The lowest BCUT2D eigenvalue weighted by Crippen LogP contribution is -2.47. The average Bonchev–Trinajstić information content (AvgIpc) is 3.36. The van der Waals surface area contributed by atoms with Gasteiger partial charge in [-0.1, -0.05) is 44.7 Å². The third-order valence-corrected chi connectivity index (χ3v) is 7.17. The first-order chi connectivity index (χ1) is 18.4. The van der Waals surface area contributed by atoms with Gasteiger partial charge in [-0.2, -0.15) is 0 Å². The van der Waals surface area contributed by atoms with Gasteiger partial charge in [0.05, 0.1) is 26.1 Å². The summed E-state index contributed by atoms with van der Waals surface area (Å²) in [5.74, 6) is -0.913. The quantitative estimate of drug-likeness (QED) is 0.312. The minimum atomic E-state index is -0.395. The zero-order valence-electron chi connectivity index (χ0n) is 22.9. The summed E-state index contributed by atoms with van der Waals surface area (Å²) in [5, 5.41) is 0. The molecule has 208 valence electrons. The number of ether oxygens (including phenoxy) is 1. The lowest BCUT2D eigenvalue weighted by molar-refractivity contribution is -0.147. The van der Waals surface area contributed by atoms with E-state index in [9.17, 15) is 18.8 Å². The molecular weight excluding hydrogens is 485 g/mol. The molecule has 3 rings (SSSR count). The van der Waals surface area contributed by atoms with Crippen LogP contribution >= 0.6 is 0 Å². The van der Waals surface area contributed by atoms with Gasteiger partial charge < -0.3 is 19.1 Å². The maximum absolute atomic E-state index is 13.8. The van der Waals surface area contributed by atoms with Crippen molar-refractivity contribution in [3.8, 4) is 0 Å². The van der Waals surface area contributed by atoms with Gasteiger partial charge in [0.25, 0.3) is 0 Å². The molecule has 1 aliphatic rings. The van der Waals surface area contributed by atoms with Crippen LogP contribution in [-0.2, 0) is 32.2 Å². The number of nitrogens with zero attached hydrogens (tertiary/aromatic N) is 3. The molecule has 0 spiro atoms. The Labute approximate surface area is 225 Å². The molecule has 7 nitrogen and oxygen atoms in total. The Kier molecular flexibility index (Phi) is 11.8. The summed E-state index contributed by atoms with van der Waals surface area (Å²) in [6.45, 7) is 5.61. The lowest BCUT2D eigenvalue weighted by Gasteiger charge is -2.36. The first kappa shape index (κ1) is 29.4. The Balaban J connectivity index is 1.74. The zero-order chi connectivity index (χ0) is 27.3. The van der Waals surface area contributed by atoms with Crippen molar-refractivity contribution >= 4 is 17.8 Å². The fourth-order valence-corrected chi connectivity index (χ4v) is 5.02. The summed E-state index contributed by atoms with van der Waals surface area (Å²) in [5.41, 5.74) is 1.99. The standard InChI is InChI=1S/C30H42FN3O4/c1-3-5-19-33(28(35)17-18-30(37)38-4-2)23-29(36)34(26-10-7-6-8-11-26)22-27-12-9-20-32(27)21-24-13-15-25(31)16-14-24/h9,12-16,20,26H,3-8,10-11,17-19,21-23H2,1-2H3. The summed E-state index contributed by atoms with van der Waals surface area (Å²) in [6.07, 6.45) is 9.00. The highest BCUT2D eigenvalue weighted by molar-refractivity contribution is 5.86. The van der Waals surface area contributed by atoms with Crippen molar-refractivity contribution in [2.24, 2.45) is 0 Å². The van der Waals surface area contributed by atoms with E-state index < -0.39 is 5.97 Å². The molecule has 0 unspecified atom stereocenters. The monoisotopic (exact) mass is 527 g/mol. The third kappa shape index (κ3) is 8.99. The van der Waals surface area contributed by atoms with Crippen LogP contribution in [0.4, 0.5) is 4.39 Å². The molecule has 1 aromatic heterocycles. The summed E-state index contributed by atoms with van der Waals surface area (Å²) < 4.78 is 20.4. The van der Waals surface area contributed by atoms with E-state index in [1.165, 1.54) is 18.6 Å². The number of carbonyl (C=O) groups excluding carboxylic acids is 3. The van der Waals surface area contributed by atoms with Crippen molar-refractivity contribution in [2.45, 2.75) is 90.8 Å². The normalized spacial score (nSPS) is 13.8. The van der Waals surface area contributed by atoms with Crippen molar-refractivity contribution < 1.29 is 23.5 Å². The van der Waals surface area contributed by atoms with E-state index in [4.69, 9.17) is 4.74 Å². The van der Waals surface area contributed by atoms with Crippen LogP contribution in [0.3, 0.4) is 0 Å². The third-order valence-electron chi connectivity index (χ3n) is 7.17. The zero-order valence-corrected chi connectivity index (χ0v) is 22.9. The number of benzene rings is 1. The number of halogens is 1. The Morgan fingerprint density at radius 2 is 1.74 bits per heavy atom. The molecule has 0 saturated heterocycles. The van der Waals surface area contributed by atoms with Crippen molar-refractivity contribution in [1.82, 2.24) is 14.4 Å². The molecule has 2 aromatic rings. The summed E-state index contributed by atoms with van der Waals surface area (Å²) in [4.78, 5) is 42.1. The average molecular weight is 528 g/mol. The van der Waals surface area contributed by atoms with Crippen molar-refractivity contribution in [2.75, 3.05) is 19.7 Å². The van der Waals surface area contributed by atoms with Crippen molar-refractivity contribution in [3.05, 3.63) is 59.7 Å². The molecule has 0 N–H and O–H groups in total. The van der Waals surface area contributed by atoms with Crippen LogP contribution in [0, 0.1) is 5.82 Å². The number of amides is 2. The number of esters is 1. The van der Waals surface area contributed by atoms with E-state index in [0.717, 1.165) is 49.8 Å². The first-order valence-electron chi connectivity index (χ1n) is 14.0. The topological polar surface area (TPSA) is 71.9 Å². The number of rotatable bonds is 14. The van der Waals surface area contributed by atoms with Gasteiger partial charge in [0, 0.05) is 37.4 Å². The number of aromatic nitrogens is 1. The van der Waals surface area contributed by atoms with E-state index in [2.05, 4.69) is 4.57 Å². The van der Waals surface area contributed by atoms with Crippen molar-refractivity contribution in [3.63, 3.8) is 0 Å². The number of unbranched alkanes of at least 4 members (excludes halogenated alkanes) is 1. The molecule has 0 radical (unpaired) electrons. The van der Waals surface area contributed by atoms with Crippen LogP contribution in [-0.4, -0.2) is 57.9 Å². The first-order valence-corrected chi connectivity index (χ1v) is 14.0. The van der Waals surface area contributed by atoms with Gasteiger partial charge in [-0.05, 0) is 56.0 Å². The second-order valence-electron chi connectivity index (χ2n) is 10.0. The van der Waals surface area contributed by atoms with Crippen LogP contribution < -0.4 is 0 Å². The summed E-state index contributed by atoms with van der Waals surface area (Å²) in [7, 11) is 0. The second kappa shape index (κ2) is 15.3. The van der Waals surface area contributed by atoms with Crippen LogP contribution in [0.1, 0.15) is 82.9 Å². The highest BCUT2D eigenvalue weighted by atomic mass is 19.1. The highest BCUT2D eigenvalue weighted by Gasteiger charge is 2.29. The fourth-order valence-electron chi connectivity index (χ4n) is 5.02. The number of hydrogen-bond donors (Lipinski definition) is 0. The van der Waals surface area contributed by atoms with Crippen LogP contribution in [0.15, 0.2) is 42.6 Å². The molecule has 0 bridgehead atoms. The summed E-state index contributed by atoms with van der Waals surface area (Å²) in [6, 6.07) is 10.6. The maximum Gasteiger partial charge on any atom is 0.306 e. The van der Waals surface area contributed by atoms with E-state index in [-0.39, 0.29) is 49.7 Å². The van der Waals surface area contributed by atoms with Crippen LogP contribution in [0.25, 0.3) is 0 Å². The van der Waals surface area contributed by atoms with Gasteiger partial charge in [0.1, 0.15) is 5.82 Å². The molecule has 38 heavy (non-hydrogen) atoms. The largest absolute Gasteiger partial charge is 0.466 e. The van der Waals surface area contributed by atoms with E-state index >= 15 is 0 Å².